The molecule has 3 rings (SSSR count). The molecule has 1 aliphatic carbocycles. The number of hydrogen-bond donors (Lipinski definition) is 3. The van der Waals surface area contributed by atoms with Crippen molar-refractivity contribution in [1.82, 2.24) is 9.97 Å². The topological polar surface area (TPSA) is 93.3 Å². The van der Waals surface area contributed by atoms with Crippen molar-refractivity contribution < 1.29 is 9.84 Å². The van der Waals surface area contributed by atoms with Crippen molar-refractivity contribution >= 4 is 23.1 Å². The largest absolute Gasteiger partial charge is 0.495 e. The first-order valence-corrected chi connectivity index (χ1v) is 8.71. The Morgan fingerprint density at radius 2 is 2.16 bits per heavy atom. The van der Waals surface area contributed by atoms with Crippen LogP contribution in [0.5, 0.6) is 5.75 Å². The van der Waals surface area contributed by atoms with Gasteiger partial charge in [-0.15, -0.1) is 11.6 Å². The van der Waals surface area contributed by atoms with Crippen LogP contribution in [-0.2, 0) is 11.8 Å². The number of hydrogen-bond acceptors (Lipinski definition) is 6. The van der Waals surface area contributed by atoms with Crippen LogP contribution in [0.2, 0.25) is 0 Å². The molecule has 2 aromatic rings. The minimum Gasteiger partial charge on any atom is -0.495 e. The zero-order valence-corrected chi connectivity index (χ0v) is 15.4. The number of fused-ring (bicyclic) bond motifs is 3. The molecule has 134 valence electrons. The molecule has 0 amide bonds. The van der Waals surface area contributed by atoms with Crippen LogP contribution in [0.1, 0.15) is 25.0 Å². The number of nitrogens with two attached hydrogens (primary N) is 1. The lowest BCUT2D eigenvalue weighted by Gasteiger charge is -2.35. The first-order chi connectivity index (χ1) is 11.9. The van der Waals surface area contributed by atoms with Gasteiger partial charge in [0, 0.05) is 17.7 Å². The Bertz CT molecular complexity index is 795. The predicted molar refractivity (Wildman–Crippen MR) is 100 cm³/mol. The number of nitrogens with zero attached hydrogens (tertiary/aromatic N) is 2. The number of alkyl halides is 1. The fourth-order valence-corrected chi connectivity index (χ4v) is 3.58. The molecule has 1 atom stereocenters. The maximum atomic E-state index is 9.81. The van der Waals surface area contributed by atoms with E-state index >= 15 is 0 Å². The number of aliphatic hydroxyl groups is 1. The number of rotatable bonds is 5. The van der Waals surface area contributed by atoms with Crippen molar-refractivity contribution in [1.29, 1.82) is 0 Å². The summed E-state index contributed by atoms with van der Waals surface area (Å²) in [5.41, 5.74) is 10.7. The van der Waals surface area contributed by atoms with Crippen LogP contribution in [-0.4, -0.2) is 40.7 Å². The first-order valence-electron chi connectivity index (χ1n) is 8.18. The zero-order chi connectivity index (χ0) is 18.2. The molecule has 0 spiro atoms. The van der Waals surface area contributed by atoms with E-state index in [-0.39, 0.29) is 11.3 Å². The lowest BCUT2D eigenvalue weighted by Crippen LogP contribution is -2.29. The predicted octanol–water partition coefficient (Wildman–Crippen LogP) is 2.58. The summed E-state index contributed by atoms with van der Waals surface area (Å²) < 4.78 is 5.52. The van der Waals surface area contributed by atoms with Gasteiger partial charge in [-0.25, -0.2) is 9.97 Å². The minimum absolute atomic E-state index is 0.169. The Labute approximate surface area is 152 Å². The number of anilines is 2. The minimum atomic E-state index is -0.635. The summed E-state index contributed by atoms with van der Waals surface area (Å²) in [4.78, 5) is 8.66. The Morgan fingerprint density at radius 3 is 2.84 bits per heavy atom. The third kappa shape index (κ3) is 3.12. The fraction of sp³-hybridized carbons (Fsp3) is 0.444. The van der Waals surface area contributed by atoms with E-state index in [2.05, 4.69) is 29.1 Å². The van der Waals surface area contributed by atoms with E-state index in [0.717, 1.165) is 40.2 Å². The number of nitrogen functional groups attached to an aromatic ring is 1. The van der Waals surface area contributed by atoms with Gasteiger partial charge in [0.25, 0.3) is 0 Å². The lowest BCUT2D eigenvalue weighted by atomic mass is 9.71. The van der Waals surface area contributed by atoms with Crippen LogP contribution < -0.4 is 15.8 Å². The van der Waals surface area contributed by atoms with E-state index in [1.807, 2.05) is 12.1 Å². The molecule has 4 N–H and O–H groups in total. The number of ether oxygens (including phenoxy) is 1. The summed E-state index contributed by atoms with van der Waals surface area (Å²) >= 11 is 5.71. The molecular weight excluding hydrogens is 340 g/mol. The maximum absolute atomic E-state index is 9.81. The summed E-state index contributed by atoms with van der Waals surface area (Å²) in [6, 6.07) is 3.90. The number of methoxy groups -OCH3 is 1. The monoisotopic (exact) mass is 362 g/mol. The Hall–Kier alpha value is -2.05. The maximum Gasteiger partial charge on any atom is 0.142 e. The standard InChI is InChI=1S/C18H23ClN4O2/c1-18(2)6-12-11(16-14(18)17(20)23-9-22-16)4-5-13(25-3)15(12)21-8-10(24)7-19/h4-5,9-10,21,24H,6-8H2,1-3H3,(H2,20,22,23). The lowest BCUT2D eigenvalue weighted by molar-refractivity contribution is 0.211. The average molecular weight is 363 g/mol. The zero-order valence-electron chi connectivity index (χ0n) is 14.6. The van der Waals surface area contributed by atoms with E-state index in [4.69, 9.17) is 22.1 Å². The van der Waals surface area contributed by atoms with Crippen LogP contribution in [0, 0.1) is 0 Å². The number of nitrogens with one attached hydrogen (secondary N) is 1. The highest BCUT2D eigenvalue weighted by Crippen LogP contribution is 2.48. The van der Waals surface area contributed by atoms with Crippen molar-refractivity contribution in [3.63, 3.8) is 0 Å². The van der Waals surface area contributed by atoms with Gasteiger partial charge in [0.2, 0.25) is 0 Å². The highest BCUT2D eigenvalue weighted by molar-refractivity contribution is 6.18. The molecule has 0 fully saturated rings. The number of benzene rings is 1. The molecule has 1 aliphatic rings. The second kappa shape index (κ2) is 6.69. The van der Waals surface area contributed by atoms with E-state index in [9.17, 15) is 5.11 Å². The van der Waals surface area contributed by atoms with Gasteiger partial charge in [-0.1, -0.05) is 13.8 Å². The highest BCUT2D eigenvalue weighted by Gasteiger charge is 2.36. The molecule has 0 radical (unpaired) electrons. The summed E-state index contributed by atoms with van der Waals surface area (Å²) in [6.07, 6.45) is 1.61. The quantitative estimate of drug-likeness (QED) is 0.708. The van der Waals surface area contributed by atoms with Gasteiger partial charge >= 0.3 is 0 Å². The van der Waals surface area contributed by atoms with Gasteiger partial charge in [-0.05, 0) is 29.5 Å². The van der Waals surface area contributed by atoms with Crippen molar-refractivity contribution in [2.75, 3.05) is 30.6 Å². The van der Waals surface area contributed by atoms with E-state index in [0.29, 0.717) is 12.4 Å². The summed E-state index contributed by atoms with van der Waals surface area (Å²) in [5, 5.41) is 13.1. The van der Waals surface area contributed by atoms with Gasteiger partial charge < -0.3 is 20.9 Å². The van der Waals surface area contributed by atoms with Crippen LogP contribution >= 0.6 is 11.6 Å². The average Bonchev–Trinajstić information content (AvgIpc) is 2.58. The van der Waals surface area contributed by atoms with Crippen molar-refractivity contribution in [3.8, 4) is 17.0 Å². The van der Waals surface area contributed by atoms with Gasteiger partial charge in [0.15, 0.2) is 0 Å². The van der Waals surface area contributed by atoms with E-state index in [1.165, 1.54) is 6.33 Å². The fourth-order valence-electron chi connectivity index (χ4n) is 3.47. The molecule has 1 unspecified atom stereocenters. The normalized spacial score (nSPS) is 15.9. The molecule has 0 saturated heterocycles. The Morgan fingerprint density at radius 1 is 1.40 bits per heavy atom. The van der Waals surface area contributed by atoms with E-state index in [1.54, 1.807) is 7.11 Å². The molecule has 0 bridgehead atoms. The Kier molecular flexibility index (Phi) is 4.75. The third-order valence-corrected chi connectivity index (χ3v) is 4.97. The van der Waals surface area contributed by atoms with Crippen molar-refractivity contribution in [3.05, 3.63) is 29.6 Å². The molecule has 25 heavy (non-hydrogen) atoms. The molecule has 1 aromatic heterocycles. The van der Waals surface area contributed by atoms with Crippen LogP contribution in [0.25, 0.3) is 11.3 Å². The van der Waals surface area contributed by atoms with Crippen LogP contribution in [0.4, 0.5) is 11.5 Å². The molecule has 1 aromatic carbocycles. The number of aliphatic hydroxyl groups excluding tert-OH is 1. The SMILES string of the molecule is COc1ccc2c(c1NCC(O)CCl)CC(C)(C)c1c(N)ncnc1-2. The molecule has 0 aliphatic heterocycles. The van der Waals surface area contributed by atoms with Crippen molar-refractivity contribution in [2.45, 2.75) is 31.8 Å². The summed E-state index contributed by atoms with van der Waals surface area (Å²) in [6.45, 7) is 4.60. The van der Waals surface area contributed by atoms with Gasteiger partial charge in [-0.2, -0.15) is 0 Å². The second-order valence-corrected chi connectivity index (χ2v) is 7.21. The molecule has 7 heteroatoms. The second-order valence-electron chi connectivity index (χ2n) is 6.90. The van der Waals surface area contributed by atoms with Crippen molar-refractivity contribution in [2.24, 2.45) is 0 Å². The first kappa shape index (κ1) is 17.8. The van der Waals surface area contributed by atoms with Gasteiger partial charge in [0.05, 0.1) is 30.5 Å². The van der Waals surface area contributed by atoms with Crippen LogP contribution in [0.15, 0.2) is 18.5 Å². The third-order valence-electron chi connectivity index (χ3n) is 4.61. The highest BCUT2D eigenvalue weighted by atomic mass is 35.5. The van der Waals surface area contributed by atoms with Gasteiger partial charge in [0.1, 0.15) is 17.9 Å². The number of aromatic nitrogens is 2. The smallest absolute Gasteiger partial charge is 0.142 e. The molecule has 0 saturated carbocycles. The molecule has 6 nitrogen and oxygen atoms in total. The van der Waals surface area contributed by atoms with Gasteiger partial charge in [-0.3, -0.25) is 0 Å². The summed E-state index contributed by atoms with van der Waals surface area (Å²) in [7, 11) is 1.63. The molecular formula is C18H23ClN4O2. The molecule has 1 heterocycles. The van der Waals surface area contributed by atoms with E-state index < -0.39 is 6.10 Å². The van der Waals surface area contributed by atoms with Crippen LogP contribution in [0.3, 0.4) is 0 Å². The number of halogens is 1. The Balaban J connectivity index is 2.16. The summed E-state index contributed by atoms with van der Waals surface area (Å²) in [5.74, 6) is 1.41.